The molecule has 0 fully saturated rings. The Bertz CT molecular complexity index is 726. The van der Waals surface area contributed by atoms with Gasteiger partial charge in [0.1, 0.15) is 23.3 Å². The predicted octanol–water partition coefficient (Wildman–Crippen LogP) is 5.32. The molecule has 0 bridgehead atoms. The molecule has 2 aromatic rings. The van der Waals surface area contributed by atoms with Crippen LogP contribution in [0.4, 0.5) is 14.5 Å². The fourth-order valence-corrected chi connectivity index (χ4v) is 2.70. The summed E-state index contributed by atoms with van der Waals surface area (Å²) in [5.41, 5.74) is 0.529. The third-order valence-corrected chi connectivity index (χ3v) is 3.72. The zero-order valence-corrected chi connectivity index (χ0v) is 12.4. The lowest BCUT2D eigenvalue weighted by molar-refractivity contribution is 0.622. The molecular weight excluding hydrogens is 317 g/mol. The largest absolute Gasteiger partial charge is 0.377 e. The zero-order chi connectivity index (χ0) is 15.6. The van der Waals surface area contributed by atoms with Gasteiger partial charge in [0.2, 0.25) is 0 Å². The van der Waals surface area contributed by atoms with E-state index in [9.17, 15) is 8.78 Å². The van der Waals surface area contributed by atoms with Gasteiger partial charge in [-0.05, 0) is 31.2 Å². The minimum atomic E-state index is -0.633. The summed E-state index contributed by atoms with van der Waals surface area (Å²) in [6.45, 7) is 1.69. The summed E-state index contributed by atoms with van der Waals surface area (Å²) in [6, 6.07) is 8.06. The second kappa shape index (κ2) is 6.30. The first-order valence-electron chi connectivity index (χ1n) is 6.04. The van der Waals surface area contributed by atoms with Crippen molar-refractivity contribution in [2.24, 2.45) is 0 Å². The van der Waals surface area contributed by atoms with Crippen molar-refractivity contribution in [2.45, 2.75) is 13.0 Å². The number of hydrogen-bond acceptors (Lipinski definition) is 2. The molecule has 2 aromatic carbocycles. The Morgan fingerprint density at radius 1 is 1.14 bits per heavy atom. The van der Waals surface area contributed by atoms with Crippen molar-refractivity contribution >= 4 is 28.9 Å². The van der Waals surface area contributed by atoms with E-state index in [1.165, 1.54) is 24.3 Å². The molecule has 1 N–H and O–H groups in total. The highest BCUT2D eigenvalue weighted by Crippen LogP contribution is 2.34. The van der Waals surface area contributed by atoms with Crippen LogP contribution in [-0.4, -0.2) is 0 Å². The van der Waals surface area contributed by atoms with E-state index < -0.39 is 17.7 Å². The number of anilines is 1. The summed E-state index contributed by atoms with van der Waals surface area (Å²) in [5, 5.41) is 12.1. The maximum atomic E-state index is 13.6. The first-order valence-corrected chi connectivity index (χ1v) is 6.79. The van der Waals surface area contributed by atoms with Gasteiger partial charge in [-0.1, -0.05) is 29.3 Å². The Labute approximate surface area is 130 Å². The Hall–Kier alpha value is -1.83. The molecule has 0 heterocycles. The Morgan fingerprint density at radius 2 is 1.86 bits per heavy atom. The third kappa shape index (κ3) is 3.10. The predicted molar refractivity (Wildman–Crippen MR) is 79.6 cm³/mol. The highest BCUT2D eigenvalue weighted by molar-refractivity contribution is 6.36. The number of rotatable bonds is 3. The highest BCUT2D eigenvalue weighted by atomic mass is 35.5. The summed E-state index contributed by atoms with van der Waals surface area (Å²) < 4.78 is 27.1. The molecule has 21 heavy (non-hydrogen) atoms. The average Bonchev–Trinajstić information content (AvgIpc) is 2.44. The Morgan fingerprint density at radius 3 is 2.52 bits per heavy atom. The number of hydrogen-bond donors (Lipinski definition) is 1. The van der Waals surface area contributed by atoms with Crippen molar-refractivity contribution in [1.82, 2.24) is 0 Å². The van der Waals surface area contributed by atoms with Crippen LogP contribution < -0.4 is 5.32 Å². The molecule has 0 radical (unpaired) electrons. The Balaban J connectivity index is 2.40. The maximum Gasteiger partial charge on any atom is 0.143 e. The van der Waals surface area contributed by atoms with Gasteiger partial charge in [0.15, 0.2) is 0 Å². The van der Waals surface area contributed by atoms with Crippen LogP contribution in [0.15, 0.2) is 30.3 Å². The molecule has 1 atom stereocenters. The molecule has 0 aromatic heterocycles. The molecule has 2 nitrogen and oxygen atoms in total. The molecule has 108 valence electrons. The van der Waals surface area contributed by atoms with Gasteiger partial charge in [-0.15, -0.1) is 0 Å². The topological polar surface area (TPSA) is 35.8 Å². The quantitative estimate of drug-likeness (QED) is 0.775. The van der Waals surface area contributed by atoms with Gasteiger partial charge in [-0.2, -0.15) is 5.26 Å². The van der Waals surface area contributed by atoms with E-state index in [0.717, 1.165) is 0 Å². The van der Waals surface area contributed by atoms with E-state index in [4.69, 9.17) is 28.5 Å². The van der Waals surface area contributed by atoms with Crippen LogP contribution in [0.25, 0.3) is 0 Å². The van der Waals surface area contributed by atoms with E-state index >= 15 is 0 Å². The van der Waals surface area contributed by atoms with Gasteiger partial charge in [-0.25, -0.2) is 8.78 Å². The van der Waals surface area contributed by atoms with Gasteiger partial charge in [0.25, 0.3) is 0 Å². The smallest absolute Gasteiger partial charge is 0.143 e. The van der Waals surface area contributed by atoms with Crippen LogP contribution in [0.2, 0.25) is 10.0 Å². The van der Waals surface area contributed by atoms with Crippen LogP contribution in [0, 0.1) is 23.0 Å². The lowest BCUT2D eigenvalue weighted by Gasteiger charge is -2.19. The van der Waals surface area contributed by atoms with Crippen LogP contribution in [0.5, 0.6) is 0 Å². The summed E-state index contributed by atoms with van der Waals surface area (Å²) in [6.07, 6.45) is 0. The van der Waals surface area contributed by atoms with Gasteiger partial charge < -0.3 is 5.32 Å². The molecule has 0 amide bonds. The maximum absolute atomic E-state index is 13.6. The SMILES string of the molecule is CC(Nc1cccc(F)c1C#N)c1c(Cl)ccc(F)c1Cl. The molecule has 0 saturated heterocycles. The van der Waals surface area contributed by atoms with Gasteiger partial charge in [-0.3, -0.25) is 0 Å². The van der Waals surface area contributed by atoms with Gasteiger partial charge in [0, 0.05) is 10.6 Å². The van der Waals surface area contributed by atoms with Crippen LogP contribution in [0.3, 0.4) is 0 Å². The first kappa shape index (κ1) is 15.6. The third-order valence-electron chi connectivity index (χ3n) is 3.01. The standard InChI is InChI=1S/C15H10Cl2F2N2/c1-8(14-10(16)5-6-12(19)15(14)17)21-13-4-2-3-11(18)9(13)7-20/h2-6,8,21H,1H3. The van der Waals surface area contributed by atoms with E-state index in [1.807, 2.05) is 0 Å². The van der Waals surface area contributed by atoms with E-state index in [-0.39, 0.29) is 15.6 Å². The van der Waals surface area contributed by atoms with Crippen molar-refractivity contribution in [3.63, 3.8) is 0 Å². The molecule has 6 heteroatoms. The average molecular weight is 327 g/mol. The lowest BCUT2D eigenvalue weighted by atomic mass is 10.1. The molecular formula is C15H10Cl2F2N2. The minimum Gasteiger partial charge on any atom is -0.377 e. The number of nitriles is 1. The summed E-state index contributed by atoms with van der Waals surface area (Å²) in [4.78, 5) is 0. The van der Waals surface area contributed by atoms with Crippen LogP contribution >= 0.6 is 23.2 Å². The number of halogens is 4. The Kier molecular flexibility index (Phi) is 4.66. The first-order chi connectivity index (χ1) is 9.95. The molecule has 1 unspecified atom stereocenters. The molecule has 0 aliphatic rings. The summed E-state index contributed by atoms with van der Waals surface area (Å²) in [7, 11) is 0. The molecule has 0 aliphatic heterocycles. The number of benzene rings is 2. The summed E-state index contributed by atoms with van der Waals surface area (Å²) >= 11 is 12.0. The summed E-state index contributed by atoms with van der Waals surface area (Å²) in [5.74, 6) is -1.23. The van der Waals surface area contributed by atoms with E-state index in [2.05, 4.69) is 5.32 Å². The van der Waals surface area contributed by atoms with Crippen molar-refractivity contribution in [3.8, 4) is 6.07 Å². The van der Waals surface area contributed by atoms with Crippen molar-refractivity contribution in [3.05, 3.63) is 63.1 Å². The molecule has 0 spiro atoms. The second-order valence-corrected chi connectivity index (χ2v) is 5.18. The molecule has 2 rings (SSSR count). The monoisotopic (exact) mass is 326 g/mol. The van der Waals surface area contributed by atoms with Crippen LogP contribution in [0.1, 0.15) is 24.1 Å². The fraction of sp³-hybridized carbons (Fsp3) is 0.133. The fourth-order valence-electron chi connectivity index (χ4n) is 2.00. The molecule has 0 saturated carbocycles. The minimum absolute atomic E-state index is 0.0996. The highest BCUT2D eigenvalue weighted by Gasteiger charge is 2.18. The van der Waals surface area contributed by atoms with E-state index in [1.54, 1.807) is 19.1 Å². The van der Waals surface area contributed by atoms with Crippen molar-refractivity contribution in [2.75, 3.05) is 5.32 Å². The second-order valence-electron chi connectivity index (χ2n) is 4.40. The lowest BCUT2D eigenvalue weighted by Crippen LogP contribution is -2.10. The number of nitrogens with zero attached hydrogens (tertiary/aromatic N) is 1. The van der Waals surface area contributed by atoms with Gasteiger partial charge in [0.05, 0.1) is 16.8 Å². The van der Waals surface area contributed by atoms with Crippen molar-refractivity contribution < 1.29 is 8.78 Å². The molecule has 0 aliphatic carbocycles. The van der Waals surface area contributed by atoms with E-state index in [0.29, 0.717) is 11.3 Å². The van der Waals surface area contributed by atoms with Crippen LogP contribution in [-0.2, 0) is 0 Å². The zero-order valence-electron chi connectivity index (χ0n) is 10.9. The number of nitrogens with one attached hydrogen (secondary N) is 1. The van der Waals surface area contributed by atoms with Crippen molar-refractivity contribution in [1.29, 1.82) is 5.26 Å². The normalized spacial score (nSPS) is 11.8. The van der Waals surface area contributed by atoms with Gasteiger partial charge >= 0.3 is 0 Å².